The van der Waals surface area contributed by atoms with E-state index in [2.05, 4.69) is 6.07 Å². The minimum atomic E-state index is -0.682. The van der Waals surface area contributed by atoms with E-state index < -0.39 is 5.92 Å². The number of allylic oxidation sites excluding steroid dienone is 1. The van der Waals surface area contributed by atoms with Gasteiger partial charge < -0.3 is 25.3 Å². The van der Waals surface area contributed by atoms with Crippen molar-refractivity contribution >= 4 is 11.6 Å². The zero-order valence-electron chi connectivity index (χ0n) is 17.2. The lowest BCUT2D eigenvalue weighted by molar-refractivity contribution is 0.388. The molecule has 0 radical (unpaired) electrons. The highest BCUT2D eigenvalue weighted by Gasteiger charge is 2.34. The Morgan fingerprint density at radius 3 is 2.53 bits per heavy atom. The second-order valence-corrected chi connectivity index (χ2v) is 8.01. The fourth-order valence-electron chi connectivity index (χ4n) is 3.92. The number of aromatic hydroxyl groups is 2. The molecule has 0 saturated carbocycles. The Balaban J connectivity index is 1.80. The normalized spacial score (nSPS) is 15.1. The summed E-state index contributed by atoms with van der Waals surface area (Å²) in [5.41, 5.74) is 8.35. The topological polar surface area (TPSA) is 122 Å². The van der Waals surface area contributed by atoms with Crippen LogP contribution in [0.15, 0.2) is 64.8 Å². The van der Waals surface area contributed by atoms with Gasteiger partial charge >= 0.3 is 0 Å². The van der Waals surface area contributed by atoms with Gasteiger partial charge in [0.15, 0.2) is 11.5 Å². The van der Waals surface area contributed by atoms with Crippen molar-refractivity contribution < 1.29 is 14.9 Å². The number of nitrogens with two attached hydrogens (primary N) is 1. The van der Waals surface area contributed by atoms with Crippen molar-refractivity contribution in [3.63, 3.8) is 0 Å². The van der Waals surface area contributed by atoms with Crippen LogP contribution in [0, 0.1) is 18.3 Å². The minimum Gasteiger partial charge on any atom is -0.504 e. The fraction of sp³-hybridized carbons (Fsp3) is 0.167. The third kappa shape index (κ3) is 3.77. The molecule has 4 N–H and O–H groups in total. The number of benzene rings is 2. The maximum absolute atomic E-state index is 13.6. The van der Waals surface area contributed by atoms with Crippen molar-refractivity contribution in [2.24, 2.45) is 5.73 Å². The van der Waals surface area contributed by atoms with Crippen LogP contribution in [0.25, 0.3) is 0 Å². The maximum atomic E-state index is 13.6. The lowest BCUT2D eigenvalue weighted by Gasteiger charge is -2.27. The van der Waals surface area contributed by atoms with Crippen LogP contribution in [0.5, 0.6) is 17.2 Å². The van der Waals surface area contributed by atoms with Gasteiger partial charge in [0.25, 0.3) is 5.56 Å². The van der Waals surface area contributed by atoms with Crippen molar-refractivity contribution in [2.45, 2.75) is 25.8 Å². The van der Waals surface area contributed by atoms with Crippen LogP contribution < -0.4 is 16.0 Å². The van der Waals surface area contributed by atoms with Crippen LogP contribution in [0.4, 0.5) is 0 Å². The predicted octanol–water partition coefficient (Wildman–Crippen LogP) is 3.68. The van der Waals surface area contributed by atoms with Crippen molar-refractivity contribution in [2.75, 3.05) is 0 Å². The molecule has 0 bridgehead atoms. The molecule has 32 heavy (non-hydrogen) atoms. The molecule has 0 saturated heterocycles. The Labute approximate surface area is 189 Å². The molecule has 7 nitrogen and oxygen atoms in total. The molecule has 0 amide bonds. The molecular formula is C24H20ClN3O4. The Morgan fingerprint density at radius 1 is 1.16 bits per heavy atom. The zero-order valence-corrected chi connectivity index (χ0v) is 17.9. The van der Waals surface area contributed by atoms with Crippen LogP contribution in [0.3, 0.4) is 0 Å². The summed E-state index contributed by atoms with van der Waals surface area (Å²) in [6.45, 7) is 2.12. The molecule has 4 rings (SSSR count). The SMILES string of the molecule is Cc1cc2c(c(=O)n1CCc1ccc(O)c(O)c1)C(c1ccc(Cl)cc1)C(C#N)=C(N)O2. The smallest absolute Gasteiger partial charge is 0.258 e. The number of nitriles is 1. The molecule has 2 heterocycles. The van der Waals surface area contributed by atoms with Crippen LogP contribution >= 0.6 is 11.6 Å². The van der Waals surface area contributed by atoms with E-state index in [1.54, 1.807) is 47.9 Å². The van der Waals surface area contributed by atoms with Crippen molar-refractivity contribution in [3.8, 4) is 23.3 Å². The third-order valence-electron chi connectivity index (χ3n) is 5.56. The number of phenols is 2. The summed E-state index contributed by atoms with van der Waals surface area (Å²) < 4.78 is 7.26. The number of aryl methyl sites for hydroxylation is 2. The fourth-order valence-corrected chi connectivity index (χ4v) is 4.04. The van der Waals surface area contributed by atoms with Gasteiger partial charge in [-0.15, -0.1) is 0 Å². The van der Waals surface area contributed by atoms with Gasteiger partial charge in [0.2, 0.25) is 5.88 Å². The summed E-state index contributed by atoms with van der Waals surface area (Å²) >= 11 is 6.02. The highest BCUT2D eigenvalue weighted by molar-refractivity contribution is 6.30. The van der Waals surface area contributed by atoms with Gasteiger partial charge in [0.05, 0.1) is 11.5 Å². The minimum absolute atomic E-state index is 0.0314. The number of rotatable bonds is 4. The lowest BCUT2D eigenvalue weighted by atomic mass is 9.84. The Morgan fingerprint density at radius 2 is 1.88 bits per heavy atom. The molecule has 162 valence electrons. The Kier molecular flexibility index (Phi) is 5.56. The van der Waals surface area contributed by atoms with Crippen molar-refractivity contribution in [1.29, 1.82) is 5.26 Å². The molecule has 0 spiro atoms. The van der Waals surface area contributed by atoms with E-state index in [9.17, 15) is 20.3 Å². The second kappa shape index (κ2) is 8.33. The molecule has 0 aliphatic carbocycles. The zero-order chi connectivity index (χ0) is 23.0. The van der Waals surface area contributed by atoms with E-state index in [-0.39, 0.29) is 28.5 Å². The first kappa shape index (κ1) is 21.3. The van der Waals surface area contributed by atoms with Crippen molar-refractivity contribution in [3.05, 3.63) is 97.7 Å². The van der Waals surface area contributed by atoms with Gasteiger partial charge in [-0.2, -0.15) is 5.26 Å². The van der Waals surface area contributed by atoms with E-state index in [4.69, 9.17) is 22.1 Å². The summed E-state index contributed by atoms with van der Waals surface area (Å²) in [5.74, 6) is -0.809. The number of ether oxygens (including phenoxy) is 1. The molecule has 1 aliphatic heterocycles. The molecule has 1 unspecified atom stereocenters. The molecular weight excluding hydrogens is 430 g/mol. The largest absolute Gasteiger partial charge is 0.504 e. The summed E-state index contributed by atoms with van der Waals surface area (Å²) in [5, 5.41) is 29.5. The van der Waals surface area contributed by atoms with Gasteiger partial charge in [-0.25, -0.2) is 0 Å². The van der Waals surface area contributed by atoms with Gasteiger partial charge in [-0.3, -0.25) is 4.79 Å². The third-order valence-corrected chi connectivity index (χ3v) is 5.81. The van der Waals surface area contributed by atoms with Crippen LogP contribution in [0.2, 0.25) is 5.02 Å². The average molecular weight is 450 g/mol. The second-order valence-electron chi connectivity index (χ2n) is 7.57. The van der Waals surface area contributed by atoms with Crippen LogP contribution in [-0.2, 0) is 13.0 Å². The number of nitrogens with zero attached hydrogens (tertiary/aromatic N) is 2. The van der Waals surface area contributed by atoms with Gasteiger partial charge in [0, 0.05) is 23.3 Å². The molecule has 1 atom stereocenters. The monoisotopic (exact) mass is 449 g/mol. The summed E-state index contributed by atoms with van der Waals surface area (Å²) in [4.78, 5) is 13.6. The molecule has 3 aromatic rings. The average Bonchev–Trinajstić information content (AvgIpc) is 2.75. The number of phenolic OH excluding ortho intramolecular Hbond substituents is 2. The molecule has 0 fully saturated rings. The summed E-state index contributed by atoms with van der Waals surface area (Å²) in [6.07, 6.45) is 0.447. The van der Waals surface area contributed by atoms with E-state index in [1.165, 1.54) is 12.1 Å². The van der Waals surface area contributed by atoms with Gasteiger partial charge in [0.1, 0.15) is 17.4 Å². The van der Waals surface area contributed by atoms with Gasteiger partial charge in [-0.05, 0) is 48.7 Å². The predicted molar refractivity (Wildman–Crippen MR) is 120 cm³/mol. The van der Waals surface area contributed by atoms with Crippen molar-refractivity contribution in [1.82, 2.24) is 4.57 Å². The molecule has 1 aliphatic rings. The van der Waals surface area contributed by atoms with E-state index in [0.717, 1.165) is 5.56 Å². The number of aromatic nitrogens is 1. The standard InChI is InChI=1S/C24H20ClN3O4/c1-13-10-20-22(24(31)28(13)9-8-14-2-7-18(29)19(30)11-14)21(17(12-26)23(27)32-20)15-3-5-16(25)6-4-15/h2-7,10-11,21,29-30H,8-9,27H2,1H3. The highest BCUT2D eigenvalue weighted by atomic mass is 35.5. The molecule has 1 aromatic heterocycles. The van der Waals surface area contributed by atoms with E-state index in [1.807, 2.05) is 0 Å². The van der Waals surface area contributed by atoms with E-state index >= 15 is 0 Å². The maximum Gasteiger partial charge on any atom is 0.258 e. The Bertz CT molecular complexity index is 1340. The number of halogens is 1. The van der Waals surface area contributed by atoms with Gasteiger partial charge in [-0.1, -0.05) is 29.8 Å². The first-order valence-electron chi connectivity index (χ1n) is 9.88. The molecule has 2 aromatic carbocycles. The highest BCUT2D eigenvalue weighted by Crippen LogP contribution is 2.40. The van der Waals surface area contributed by atoms with Crippen LogP contribution in [0.1, 0.15) is 28.3 Å². The quantitative estimate of drug-likeness (QED) is 0.522. The first-order valence-corrected chi connectivity index (χ1v) is 10.3. The number of hydrogen-bond acceptors (Lipinski definition) is 6. The lowest BCUT2D eigenvalue weighted by Crippen LogP contribution is -2.33. The number of hydrogen-bond donors (Lipinski definition) is 3. The number of pyridine rings is 1. The van der Waals surface area contributed by atoms with Crippen LogP contribution in [-0.4, -0.2) is 14.8 Å². The summed E-state index contributed by atoms with van der Waals surface area (Å²) in [7, 11) is 0. The first-order chi connectivity index (χ1) is 15.3. The summed E-state index contributed by atoms with van der Waals surface area (Å²) in [6, 6.07) is 15.3. The molecule has 8 heteroatoms. The van der Waals surface area contributed by atoms with E-state index in [0.29, 0.717) is 40.6 Å². The number of fused-ring (bicyclic) bond motifs is 1. The Hall–Kier alpha value is -3.89.